The van der Waals surface area contributed by atoms with Crippen LogP contribution in [-0.4, -0.2) is 6.54 Å². The molecule has 1 aliphatic carbocycles. The summed E-state index contributed by atoms with van der Waals surface area (Å²) in [6.45, 7) is 9.32. The van der Waals surface area contributed by atoms with Crippen LogP contribution in [-0.2, 0) is 0 Å². The van der Waals surface area contributed by atoms with Crippen LogP contribution in [0.5, 0.6) is 0 Å². The van der Waals surface area contributed by atoms with E-state index in [0.717, 1.165) is 29.2 Å². The van der Waals surface area contributed by atoms with Gasteiger partial charge in [-0.15, -0.1) is 0 Å². The molecule has 0 amide bonds. The molecule has 1 N–H and O–H groups in total. The summed E-state index contributed by atoms with van der Waals surface area (Å²) in [6, 6.07) is 3.97. The Bertz CT molecular complexity index is 446. The molecule has 2 heteroatoms. The number of halogens is 1. The first-order valence-electron chi connectivity index (χ1n) is 8.56. The molecule has 0 radical (unpaired) electrons. The smallest absolute Gasteiger partial charge is 0.128 e. The molecule has 2 rings (SSSR count). The highest BCUT2D eigenvalue weighted by Gasteiger charge is 2.30. The highest BCUT2D eigenvalue weighted by molar-refractivity contribution is 5.35. The summed E-state index contributed by atoms with van der Waals surface area (Å²) in [5.74, 6) is 1.36. The predicted octanol–water partition coefficient (Wildman–Crippen LogP) is 5.31. The molecule has 0 aliphatic heterocycles. The van der Waals surface area contributed by atoms with Gasteiger partial charge in [0.2, 0.25) is 0 Å². The van der Waals surface area contributed by atoms with Gasteiger partial charge in [0.15, 0.2) is 0 Å². The average Bonchev–Trinajstić information content (AvgIpc) is 2.45. The molecule has 0 spiro atoms. The summed E-state index contributed by atoms with van der Waals surface area (Å²) in [5, 5.41) is 3.57. The van der Waals surface area contributed by atoms with Crippen molar-refractivity contribution in [2.75, 3.05) is 6.54 Å². The molecule has 0 aromatic heterocycles. The van der Waals surface area contributed by atoms with Gasteiger partial charge in [-0.1, -0.05) is 39.2 Å². The Morgan fingerprint density at radius 1 is 1.24 bits per heavy atom. The van der Waals surface area contributed by atoms with E-state index in [2.05, 4.69) is 32.2 Å². The van der Waals surface area contributed by atoms with Crippen LogP contribution in [0.3, 0.4) is 0 Å². The number of hydrogen-bond acceptors (Lipinski definition) is 1. The molecule has 3 atom stereocenters. The second-order valence-corrected chi connectivity index (χ2v) is 6.71. The van der Waals surface area contributed by atoms with Crippen molar-refractivity contribution in [3.8, 4) is 0 Å². The lowest BCUT2D eigenvalue weighted by Gasteiger charge is -2.36. The fourth-order valence-electron chi connectivity index (χ4n) is 4.05. The normalized spacial score (nSPS) is 24.0. The van der Waals surface area contributed by atoms with Crippen molar-refractivity contribution in [2.24, 2.45) is 11.8 Å². The Labute approximate surface area is 129 Å². The Balaban J connectivity index is 2.30. The molecule has 1 nitrogen and oxygen atoms in total. The molecule has 0 bridgehead atoms. The maximum atomic E-state index is 14.6. The van der Waals surface area contributed by atoms with E-state index in [1.54, 1.807) is 6.07 Å². The third-order valence-corrected chi connectivity index (χ3v) is 5.09. The van der Waals surface area contributed by atoms with E-state index in [1.807, 2.05) is 6.92 Å². The van der Waals surface area contributed by atoms with Gasteiger partial charge in [0.25, 0.3) is 0 Å². The van der Waals surface area contributed by atoms with E-state index in [0.29, 0.717) is 5.92 Å². The predicted molar refractivity (Wildman–Crippen MR) is 88.0 cm³/mol. The molecule has 3 unspecified atom stereocenters. The van der Waals surface area contributed by atoms with Gasteiger partial charge in [-0.3, -0.25) is 0 Å². The first kappa shape index (κ1) is 16.5. The lowest BCUT2D eigenvalue weighted by atomic mass is 9.74. The highest BCUT2D eigenvalue weighted by atomic mass is 19.1. The maximum Gasteiger partial charge on any atom is 0.128 e. The Hall–Kier alpha value is -0.890. The monoisotopic (exact) mass is 291 g/mol. The molecule has 1 aromatic rings. The summed E-state index contributed by atoms with van der Waals surface area (Å²) < 4.78 is 14.6. The number of nitrogens with one attached hydrogen (secondary N) is 1. The second kappa shape index (κ2) is 7.40. The minimum absolute atomic E-state index is 0.0305. The standard InChI is InChI=1S/C19H30FN/c1-5-15-8-7-9-16(12-15)19(21-6-2)18-14(4)10-13(3)11-17(18)20/h10-11,15-16,19,21H,5-9,12H2,1-4H3. The molecule has 1 aliphatic rings. The number of benzene rings is 1. The van der Waals surface area contributed by atoms with E-state index in [1.165, 1.54) is 32.1 Å². The third kappa shape index (κ3) is 3.85. The lowest BCUT2D eigenvalue weighted by molar-refractivity contribution is 0.207. The van der Waals surface area contributed by atoms with Crippen LogP contribution in [0.1, 0.15) is 68.7 Å². The van der Waals surface area contributed by atoms with Crippen molar-refractivity contribution >= 4 is 0 Å². The Kier molecular flexibility index (Phi) is 5.80. The van der Waals surface area contributed by atoms with Gasteiger partial charge in [-0.25, -0.2) is 4.39 Å². The molecule has 1 aromatic carbocycles. The summed E-state index contributed by atoms with van der Waals surface area (Å²) in [4.78, 5) is 0. The molecular weight excluding hydrogens is 261 g/mol. The zero-order chi connectivity index (χ0) is 15.4. The van der Waals surface area contributed by atoms with Crippen LogP contribution in [0.2, 0.25) is 0 Å². The van der Waals surface area contributed by atoms with Crippen molar-refractivity contribution < 1.29 is 4.39 Å². The van der Waals surface area contributed by atoms with E-state index in [4.69, 9.17) is 0 Å². The highest BCUT2D eigenvalue weighted by Crippen LogP contribution is 2.40. The first-order chi connectivity index (χ1) is 10.1. The maximum absolute atomic E-state index is 14.6. The molecule has 118 valence electrons. The van der Waals surface area contributed by atoms with Crippen molar-refractivity contribution in [3.63, 3.8) is 0 Å². The second-order valence-electron chi connectivity index (χ2n) is 6.71. The van der Waals surface area contributed by atoms with Gasteiger partial charge < -0.3 is 5.32 Å². The quantitative estimate of drug-likeness (QED) is 0.775. The molecule has 21 heavy (non-hydrogen) atoms. The topological polar surface area (TPSA) is 12.0 Å². The zero-order valence-corrected chi connectivity index (χ0v) is 14.0. The van der Waals surface area contributed by atoms with E-state index in [-0.39, 0.29) is 11.9 Å². The molecule has 0 saturated heterocycles. The molecular formula is C19H30FN. The van der Waals surface area contributed by atoms with Crippen molar-refractivity contribution in [2.45, 2.75) is 65.8 Å². The fourth-order valence-corrected chi connectivity index (χ4v) is 4.05. The first-order valence-corrected chi connectivity index (χ1v) is 8.56. The summed E-state index contributed by atoms with van der Waals surface area (Å²) >= 11 is 0. The van der Waals surface area contributed by atoms with E-state index >= 15 is 0 Å². The van der Waals surface area contributed by atoms with Gasteiger partial charge in [0.05, 0.1) is 0 Å². The van der Waals surface area contributed by atoms with Gasteiger partial charge in [0, 0.05) is 11.6 Å². The van der Waals surface area contributed by atoms with Crippen LogP contribution in [0, 0.1) is 31.5 Å². The molecule has 1 saturated carbocycles. The van der Waals surface area contributed by atoms with Gasteiger partial charge >= 0.3 is 0 Å². The summed E-state index contributed by atoms with van der Waals surface area (Å²) in [6.07, 6.45) is 6.35. The lowest BCUT2D eigenvalue weighted by Crippen LogP contribution is -2.32. The van der Waals surface area contributed by atoms with E-state index < -0.39 is 0 Å². The van der Waals surface area contributed by atoms with Crippen LogP contribution < -0.4 is 5.32 Å². The average molecular weight is 291 g/mol. The minimum Gasteiger partial charge on any atom is -0.310 e. The fraction of sp³-hybridized carbons (Fsp3) is 0.684. The van der Waals surface area contributed by atoms with Crippen LogP contribution in [0.25, 0.3) is 0 Å². The number of aryl methyl sites for hydroxylation is 2. The van der Waals surface area contributed by atoms with E-state index in [9.17, 15) is 4.39 Å². The van der Waals surface area contributed by atoms with Crippen LogP contribution in [0.4, 0.5) is 4.39 Å². The largest absolute Gasteiger partial charge is 0.310 e. The molecule has 1 fully saturated rings. The number of rotatable bonds is 5. The Morgan fingerprint density at radius 2 is 2.00 bits per heavy atom. The van der Waals surface area contributed by atoms with Gasteiger partial charge in [0.1, 0.15) is 5.82 Å². The van der Waals surface area contributed by atoms with Crippen molar-refractivity contribution in [1.82, 2.24) is 5.32 Å². The minimum atomic E-state index is -0.0305. The third-order valence-electron chi connectivity index (χ3n) is 5.09. The molecule has 0 heterocycles. The summed E-state index contributed by atoms with van der Waals surface area (Å²) in [7, 11) is 0. The zero-order valence-electron chi connectivity index (χ0n) is 14.0. The van der Waals surface area contributed by atoms with Crippen molar-refractivity contribution in [3.05, 3.63) is 34.6 Å². The van der Waals surface area contributed by atoms with Crippen LogP contribution in [0.15, 0.2) is 12.1 Å². The summed E-state index contributed by atoms with van der Waals surface area (Å²) in [5.41, 5.74) is 3.01. The van der Waals surface area contributed by atoms with Gasteiger partial charge in [-0.2, -0.15) is 0 Å². The number of hydrogen-bond donors (Lipinski definition) is 1. The SMILES string of the molecule is CCNC(c1c(C)cc(C)cc1F)C1CCCC(CC)C1. The van der Waals surface area contributed by atoms with Gasteiger partial charge in [-0.05, 0) is 62.3 Å². The van der Waals surface area contributed by atoms with Crippen LogP contribution >= 0.6 is 0 Å². The Morgan fingerprint density at radius 3 is 2.62 bits per heavy atom. The van der Waals surface area contributed by atoms with Crippen molar-refractivity contribution in [1.29, 1.82) is 0 Å².